The summed E-state index contributed by atoms with van der Waals surface area (Å²) in [7, 11) is 0. The highest BCUT2D eigenvalue weighted by atomic mass is 15.5. The highest BCUT2D eigenvalue weighted by Crippen LogP contribution is 2.39. The van der Waals surface area contributed by atoms with E-state index in [2.05, 4.69) is 22.4 Å². The molecule has 0 amide bonds. The van der Waals surface area contributed by atoms with Crippen molar-refractivity contribution in [2.75, 3.05) is 5.73 Å². The summed E-state index contributed by atoms with van der Waals surface area (Å²) in [5.41, 5.74) is 8.77. The lowest BCUT2D eigenvalue weighted by Crippen LogP contribution is -2.05. The van der Waals surface area contributed by atoms with Crippen LogP contribution in [0.3, 0.4) is 0 Å². The molecule has 1 aromatic carbocycles. The molecule has 2 unspecified atom stereocenters. The third kappa shape index (κ3) is 1.96. The first-order chi connectivity index (χ1) is 8.65. The van der Waals surface area contributed by atoms with Crippen molar-refractivity contribution in [2.45, 2.75) is 26.8 Å². The van der Waals surface area contributed by atoms with E-state index in [4.69, 9.17) is 5.73 Å². The van der Waals surface area contributed by atoms with E-state index in [1.807, 2.05) is 29.8 Å². The average molecular weight is 243 g/mol. The summed E-state index contributed by atoms with van der Waals surface area (Å²) in [4.78, 5) is 0. The van der Waals surface area contributed by atoms with Crippen LogP contribution in [0.25, 0.3) is 11.4 Å². The number of anilines is 1. The summed E-state index contributed by atoms with van der Waals surface area (Å²) in [6.07, 6.45) is 1.27. The van der Waals surface area contributed by atoms with Crippen molar-refractivity contribution >= 4 is 5.69 Å². The molecule has 94 valence electrons. The molecule has 1 aliphatic carbocycles. The number of hydrogen-bond donors (Lipinski definition) is 1. The molecule has 2 atom stereocenters. The first-order valence-corrected chi connectivity index (χ1v) is 6.28. The van der Waals surface area contributed by atoms with Crippen LogP contribution in [0.1, 0.15) is 18.9 Å². The summed E-state index contributed by atoms with van der Waals surface area (Å²) >= 11 is 0. The third-order valence-corrected chi connectivity index (χ3v) is 3.75. The standard InChI is InChI=1S/C13H17N5/c1-8-3-4-10(6-12(8)14)13-15-16-17-18(13)7-11-5-9(11)2/h3-4,6,9,11H,5,7,14H2,1-2H3. The van der Waals surface area contributed by atoms with Gasteiger partial charge in [-0.25, -0.2) is 4.68 Å². The number of nitrogen functional groups attached to an aromatic ring is 1. The van der Waals surface area contributed by atoms with E-state index in [0.29, 0.717) is 0 Å². The Morgan fingerprint density at radius 1 is 1.44 bits per heavy atom. The average Bonchev–Trinajstić information content (AvgIpc) is 2.86. The van der Waals surface area contributed by atoms with Crippen LogP contribution >= 0.6 is 0 Å². The van der Waals surface area contributed by atoms with Gasteiger partial charge >= 0.3 is 0 Å². The molecule has 0 aliphatic heterocycles. The van der Waals surface area contributed by atoms with Gasteiger partial charge in [0.25, 0.3) is 0 Å². The molecule has 0 bridgehead atoms. The summed E-state index contributed by atoms with van der Waals surface area (Å²) in [6, 6.07) is 5.96. The predicted octanol–water partition coefficient (Wildman–Crippen LogP) is 1.89. The van der Waals surface area contributed by atoms with Gasteiger partial charge in [-0.15, -0.1) is 5.10 Å². The Hall–Kier alpha value is -1.91. The van der Waals surface area contributed by atoms with Crippen LogP contribution in [-0.4, -0.2) is 20.2 Å². The number of nitrogens with two attached hydrogens (primary N) is 1. The summed E-state index contributed by atoms with van der Waals surface area (Å²) in [6.45, 7) is 5.16. The number of tetrazole rings is 1. The molecular weight excluding hydrogens is 226 g/mol. The monoisotopic (exact) mass is 243 g/mol. The Bertz CT molecular complexity index is 575. The largest absolute Gasteiger partial charge is 0.398 e. The lowest BCUT2D eigenvalue weighted by molar-refractivity contribution is 0.528. The molecule has 5 heteroatoms. The fraction of sp³-hybridized carbons (Fsp3) is 0.462. The minimum Gasteiger partial charge on any atom is -0.398 e. The van der Waals surface area contributed by atoms with Crippen LogP contribution in [0.5, 0.6) is 0 Å². The predicted molar refractivity (Wildman–Crippen MR) is 69.7 cm³/mol. The van der Waals surface area contributed by atoms with Crippen LogP contribution in [0, 0.1) is 18.8 Å². The second kappa shape index (κ2) is 4.08. The van der Waals surface area contributed by atoms with Crippen LogP contribution in [0.4, 0.5) is 5.69 Å². The van der Waals surface area contributed by atoms with Gasteiger partial charge in [-0.1, -0.05) is 19.1 Å². The van der Waals surface area contributed by atoms with Crippen molar-refractivity contribution < 1.29 is 0 Å². The quantitative estimate of drug-likeness (QED) is 0.836. The zero-order chi connectivity index (χ0) is 12.7. The van der Waals surface area contributed by atoms with E-state index in [0.717, 1.165) is 41.0 Å². The van der Waals surface area contributed by atoms with Gasteiger partial charge in [0.2, 0.25) is 0 Å². The van der Waals surface area contributed by atoms with Crippen LogP contribution in [0.2, 0.25) is 0 Å². The van der Waals surface area contributed by atoms with Crippen molar-refractivity contribution in [3.63, 3.8) is 0 Å². The van der Waals surface area contributed by atoms with Crippen molar-refractivity contribution in [1.29, 1.82) is 0 Å². The molecule has 2 N–H and O–H groups in total. The minimum atomic E-state index is 0.718. The fourth-order valence-electron chi connectivity index (χ4n) is 2.19. The number of aromatic nitrogens is 4. The molecule has 0 saturated heterocycles. The maximum absolute atomic E-state index is 5.93. The molecule has 5 nitrogen and oxygen atoms in total. The van der Waals surface area contributed by atoms with E-state index in [9.17, 15) is 0 Å². The number of benzene rings is 1. The second-order valence-electron chi connectivity index (χ2n) is 5.23. The van der Waals surface area contributed by atoms with Crippen molar-refractivity contribution in [3.8, 4) is 11.4 Å². The van der Waals surface area contributed by atoms with Gasteiger partial charge in [-0.2, -0.15) is 0 Å². The Morgan fingerprint density at radius 2 is 2.22 bits per heavy atom. The molecule has 1 saturated carbocycles. The van der Waals surface area contributed by atoms with Crippen molar-refractivity contribution in [1.82, 2.24) is 20.2 Å². The van der Waals surface area contributed by atoms with Gasteiger partial charge in [-0.05, 0) is 47.2 Å². The van der Waals surface area contributed by atoms with Crippen molar-refractivity contribution in [2.24, 2.45) is 11.8 Å². The Balaban J connectivity index is 1.91. The topological polar surface area (TPSA) is 69.6 Å². The summed E-state index contributed by atoms with van der Waals surface area (Å²) in [5, 5.41) is 12.0. The normalized spacial score (nSPS) is 22.1. The van der Waals surface area contributed by atoms with E-state index >= 15 is 0 Å². The number of hydrogen-bond acceptors (Lipinski definition) is 4. The zero-order valence-electron chi connectivity index (χ0n) is 10.7. The Morgan fingerprint density at radius 3 is 2.89 bits per heavy atom. The second-order valence-corrected chi connectivity index (χ2v) is 5.23. The molecule has 1 fully saturated rings. The number of nitrogens with zero attached hydrogens (tertiary/aromatic N) is 4. The molecule has 1 heterocycles. The first-order valence-electron chi connectivity index (χ1n) is 6.28. The lowest BCUT2D eigenvalue weighted by atomic mass is 10.1. The van der Waals surface area contributed by atoms with Gasteiger partial charge in [0.05, 0.1) is 0 Å². The molecule has 0 radical (unpaired) electrons. The van der Waals surface area contributed by atoms with Gasteiger partial charge in [0.15, 0.2) is 5.82 Å². The number of aryl methyl sites for hydroxylation is 1. The van der Waals surface area contributed by atoms with Crippen LogP contribution in [0.15, 0.2) is 18.2 Å². The maximum atomic E-state index is 5.93. The molecule has 2 aromatic rings. The van der Waals surface area contributed by atoms with Gasteiger partial charge in [0, 0.05) is 17.8 Å². The van der Waals surface area contributed by atoms with Gasteiger partial charge < -0.3 is 5.73 Å². The molecule has 3 rings (SSSR count). The Kier molecular flexibility index (Phi) is 2.54. The molecule has 0 spiro atoms. The van der Waals surface area contributed by atoms with Crippen LogP contribution in [-0.2, 0) is 6.54 Å². The minimum absolute atomic E-state index is 0.718. The zero-order valence-corrected chi connectivity index (χ0v) is 10.7. The SMILES string of the molecule is Cc1ccc(-c2nnnn2CC2CC2C)cc1N. The van der Waals surface area contributed by atoms with Gasteiger partial charge in [0.1, 0.15) is 0 Å². The van der Waals surface area contributed by atoms with E-state index < -0.39 is 0 Å². The molecular formula is C13H17N5. The van der Waals surface area contributed by atoms with E-state index in [-0.39, 0.29) is 0 Å². The van der Waals surface area contributed by atoms with E-state index in [1.54, 1.807) is 0 Å². The molecule has 1 aromatic heterocycles. The van der Waals surface area contributed by atoms with Gasteiger partial charge in [-0.3, -0.25) is 0 Å². The van der Waals surface area contributed by atoms with Crippen molar-refractivity contribution in [3.05, 3.63) is 23.8 Å². The highest BCUT2D eigenvalue weighted by molar-refractivity contribution is 5.63. The van der Waals surface area contributed by atoms with E-state index in [1.165, 1.54) is 6.42 Å². The maximum Gasteiger partial charge on any atom is 0.182 e. The van der Waals surface area contributed by atoms with Crippen LogP contribution < -0.4 is 5.73 Å². The lowest BCUT2D eigenvalue weighted by Gasteiger charge is -2.06. The summed E-state index contributed by atoms with van der Waals surface area (Å²) in [5.74, 6) is 2.32. The number of rotatable bonds is 3. The first kappa shape index (κ1) is 11.2. The molecule has 18 heavy (non-hydrogen) atoms. The third-order valence-electron chi connectivity index (χ3n) is 3.75. The molecule has 1 aliphatic rings. The Labute approximate surface area is 106 Å². The highest BCUT2D eigenvalue weighted by Gasteiger charge is 2.33. The smallest absolute Gasteiger partial charge is 0.182 e. The summed E-state index contributed by atoms with van der Waals surface area (Å²) < 4.78 is 1.89. The fourth-order valence-corrected chi connectivity index (χ4v) is 2.19.